The van der Waals surface area contributed by atoms with Crippen molar-refractivity contribution < 1.29 is 9.53 Å². The zero-order chi connectivity index (χ0) is 11.4. The fraction of sp³-hybridized carbons (Fsp3) is 0.923. The Bertz CT molecular complexity index is 234. The molecule has 3 aliphatic heterocycles. The number of esters is 1. The molecular formula is C13H23NO2. The molecule has 0 aliphatic carbocycles. The Morgan fingerprint density at radius 3 is 2.62 bits per heavy atom. The number of hydrogen-bond acceptors (Lipinski definition) is 3. The largest absolute Gasteiger partial charge is 0.461 e. The molecule has 2 bridgehead atoms. The number of ether oxygens (including phenoxy) is 1. The molecule has 16 heavy (non-hydrogen) atoms. The molecule has 3 aliphatic rings. The quantitative estimate of drug-likeness (QED) is 0.530. The summed E-state index contributed by atoms with van der Waals surface area (Å²) in [6.45, 7) is 5.53. The Hall–Kier alpha value is -0.570. The molecule has 0 N–H and O–H groups in total. The van der Waals surface area contributed by atoms with Gasteiger partial charge in [-0.1, -0.05) is 19.8 Å². The van der Waals surface area contributed by atoms with E-state index in [1.165, 1.54) is 25.9 Å². The van der Waals surface area contributed by atoms with Gasteiger partial charge in [-0.05, 0) is 38.3 Å². The van der Waals surface area contributed by atoms with Crippen molar-refractivity contribution >= 4 is 5.97 Å². The second-order valence-corrected chi connectivity index (χ2v) is 5.12. The van der Waals surface area contributed by atoms with Crippen LogP contribution in [0.1, 0.15) is 45.4 Å². The van der Waals surface area contributed by atoms with E-state index < -0.39 is 0 Å². The van der Waals surface area contributed by atoms with Crippen LogP contribution in [0.25, 0.3) is 0 Å². The Morgan fingerprint density at radius 2 is 2.06 bits per heavy atom. The van der Waals surface area contributed by atoms with E-state index in [-0.39, 0.29) is 12.1 Å². The number of carbonyl (C=O) groups excluding carboxylic acids is 1. The van der Waals surface area contributed by atoms with E-state index in [4.69, 9.17) is 4.74 Å². The second-order valence-electron chi connectivity index (χ2n) is 5.12. The number of carbonyl (C=O) groups is 1. The summed E-state index contributed by atoms with van der Waals surface area (Å²) >= 11 is 0. The van der Waals surface area contributed by atoms with Crippen molar-refractivity contribution in [3.05, 3.63) is 0 Å². The maximum atomic E-state index is 11.6. The molecule has 3 rings (SSSR count). The first-order valence-electron chi connectivity index (χ1n) is 6.71. The van der Waals surface area contributed by atoms with Crippen LogP contribution in [0.15, 0.2) is 0 Å². The Morgan fingerprint density at radius 1 is 1.31 bits per heavy atom. The van der Waals surface area contributed by atoms with Crippen molar-refractivity contribution in [2.45, 2.75) is 51.6 Å². The lowest BCUT2D eigenvalue weighted by atomic mass is 9.86. The van der Waals surface area contributed by atoms with Gasteiger partial charge in [-0.3, -0.25) is 9.69 Å². The van der Waals surface area contributed by atoms with E-state index in [1.54, 1.807) is 0 Å². The number of rotatable bonds is 5. The summed E-state index contributed by atoms with van der Waals surface area (Å²) in [6.07, 6.45) is 6.51. The molecule has 1 atom stereocenters. The predicted octanol–water partition coefficient (Wildman–Crippen LogP) is 2.20. The molecule has 3 heterocycles. The lowest BCUT2D eigenvalue weighted by molar-refractivity contribution is -0.158. The van der Waals surface area contributed by atoms with Crippen molar-refractivity contribution in [3.8, 4) is 0 Å². The number of hydrogen-bond donors (Lipinski definition) is 0. The lowest BCUT2D eigenvalue weighted by Crippen LogP contribution is -2.51. The fourth-order valence-corrected chi connectivity index (χ4v) is 2.79. The molecule has 0 aromatic heterocycles. The van der Waals surface area contributed by atoms with Crippen LogP contribution in [0.2, 0.25) is 0 Å². The summed E-state index contributed by atoms with van der Waals surface area (Å²) < 4.78 is 5.59. The fourth-order valence-electron chi connectivity index (χ4n) is 2.79. The van der Waals surface area contributed by atoms with Crippen molar-refractivity contribution in [3.63, 3.8) is 0 Å². The third kappa shape index (κ3) is 2.97. The normalized spacial score (nSPS) is 32.7. The van der Waals surface area contributed by atoms with Crippen LogP contribution in [-0.2, 0) is 9.53 Å². The van der Waals surface area contributed by atoms with Gasteiger partial charge >= 0.3 is 5.97 Å². The van der Waals surface area contributed by atoms with Crippen LogP contribution in [-0.4, -0.2) is 36.6 Å². The number of fused-ring (bicyclic) bond motifs is 3. The van der Waals surface area contributed by atoms with Gasteiger partial charge in [0.25, 0.3) is 0 Å². The number of nitrogens with zero attached hydrogens (tertiary/aromatic N) is 1. The molecule has 3 fully saturated rings. The summed E-state index contributed by atoms with van der Waals surface area (Å²) in [5.74, 6) is 0.660. The van der Waals surface area contributed by atoms with E-state index in [0.29, 0.717) is 12.3 Å². The first kappa shape index (κ1) is 11.9. The minimum atomic E-state index is 0.0206. The van der Waals surface area contributed by atoms with E-state index in [0.717, 1.165) is 25.8 Å². The highest BCUT2D eigenvalue weighted by Gasteiger charge is 2.36. The SMILES string of the molecule is CCCCCC(=O)O[C@@H]1CN2CCC1CC2. The zero-order valence-electron chi connectivity index (χ0n) is 10.3. The monoisotopic (exact) mass is 225 g/mol. The summed E-state index contributed by atoms with van der Waals surface area (Å²) in [4.78, 5) is 14.0. The molecule has 3 nitrogen and oxygen atoms in total. The van der Waals surface area contributed by atoms with Gasteiger partial charge in [-0.25, -0.2) is 0 Å². The lowest BCUT2D eigenvalue weighted by Gasteiger charge is -2.43. The third-order valence-corrected chi connectivity index (χ3v) is 3.86. The average Bonchev–Trinajstić information content (AvgIpc) is 2.31. The molecule has 0 saturated carbocycles. The van der Waals surface area contributed by atoms with Gasteiger partial charge in [0, 0.05) is 13.0 Å². The first-order chi connectivity index (χ1) is 7.79. The van der Waals surface area contributed by atoms with Crippen LogP contribution >= 0.6 is 0 Å². The second kappa shape index (κ2) is 5.67. The predicted molar refractivity (Wildman–Crippen MR) is 63.2 cm³/mol. The van der Waals surface area contributed by atoms with Crippen LogP contribution in [0.3, 0.4) is 0 Å². The van der Waals surface area contributed by atoms with Gasteiger partial charge in [0.05, 0.1) is 0 Å². The van der Waals surface area contributed by atoms with Gasteiger partial charge in [0.2, 0.25) is 0 Å². The van der Waals surface area contributed by atoms with Gasteiger partial charge in [0.15, 0.2) is 0 Å². The van der Waals surface area contributed by atoms with Crippen molar-refractivity contribution in [2.75, 3.05) is 19.6 Å². The Labute approximate surface area is 98.1 Å². The number of unbranched alkanes of at least 4 members (excludes halogenated alkanes) is 2. The highest BCUT2D eigenvalue weighted by molar-refractivity contribution is 5.69. The van der Waals surface area contributed by atoms with Crippen molar-refractivity contribution in [1.82, 2.24) is 4.90 Å². The van der Waals surface area contributed by atoms with Crippen molar-refractivity contribution in [1.29, 1.82) is 0 Å². The minimum absolute atomic E-state index is 0.0206. The van der Waals surface area contributed by atoms with Crippen LogP contribution in [0.5, 0.6) is 0 Å². The Balaban J connectivity index is 1.70. The molecule has 0 aromatic carbocycles. The summed E-state index contributed by atoms with van der Waals surface area (Å²) in [5.41, 5.74) is 0. The third-order valence-electron chi connectivity index (χ3n) is 3.86. The maximum absolute atomic E-state index is 11.6. The zero-order valence-corrected chi connectivity index (χ0v) is 10.3. The maximum Gasteiger partial charge on any atom is 0.306 e. The smallest absolute Gasteiger partial charge is 0.306 e. The van der Waals surface area contributed by atoms with E-state index in [2.05, 4.69) is 11.8 Å². The van der Waals surface area contributed by atoms with Gasteiger partial charge < -0.3 is 4.74 Å². The topological polar surface area (TPSA) is 29.5 Å². The molecule has 0 aromatic rings. The average molecular weight is 225 g/mol. The van der Waals surface area contributed by atoms with Crippen LogP contribution in [0, 0.1) is 5.92 Å². The Kier molecular flexibility index (Phi) is 4.22. The molecule has 3 heteroatoms. The molecule has 92 valence electrons. The molecular weight excluding hydrogens is 202 g/mol. The number of piperidine rings is 3. The van der Waals surface area contributed by atoms with E-state index >= 15 is 0 Å². The summed E-state index contributed by atoms with van der Waals surface area (Å²) in [7, 11) is 0. The standard InChI is InChI=1S/C13H23NO2/c1-2-3-4-5-13(15)16-12-10-14-8-6-11(12)7-9-14/h11-12H,2-10H2,1H3/t12-/m1/s1. The van der Waals surface area contributed by atoms with Crippen molar-refractivity contribution in [2.24, 2.45) is 5.92 Å². The molecule has 0 unspecified atom stereocenters. The molecule has 0 amide bonds. The summed E-state index contributed by atoms with van der Waals surface area (Å²) in [5, 5.41) is 0. The van der Waals surface area contributed by atoms with Gasteiger partial charge in [-0.15, -0.1) is 0 Å². The molecule has 3 saturated heterocycles. The summed E-state index contributed by atoms with van der Waals surface area (Å²) in [6, 6.07) is 0. The highest BCUT2D eigenvalue weighted by Crippen LogP contribution is 2.29. The molecule has 0 spiro atoms. The molecule has 0 radical (unpaired) electrons. The van der Waals surface area contributed by atoms with E-state index in [1.807, 2.05) is 0 Å². The van der Waals surface area contributed by atoms with Crippen LogP contribution in [0.4, 0.5) is 0 Å². The highest BCUT2D eigenvalue weighted by atomic mass is 16.5. The minimum Gasteiger partial charge on any atom is -0.461 e. The first-order valence-corrected chi connectivity index (χ1v) is 6.71. The van der Waals surface area contributed by atoms with Crippen LogP contribution < -0.4 is 0 Å². The van der Waals surface area contributed by atoms with Gasteiger partial charge in [-0.2, -0.15) is 0 Å². The van der Waals surface area contributed by atoms with E-state index in [9.17, 15) is 4.79 Å². The van der Waals surface area contributed by atoms with Gasteiger partial charge in [0.1, 0.15) is 6.10 Å².